The smallest absolute Gasteiger partial charge is 0.238 e. The van der Waals surface area contributed by atoms with Gasteiger partial charge in [0, 0.05) is 18.2 Å². The molecule has 1 aromatic rings. The molecular weight excluding hydrogens is 290 g/mol. The molecule has 21 heavy (non-hydrogen) atoms. The fourth-order valence-electron chi connectivity index (χ4n) is 2.75. The molecule has 1 fully saturated rings. The lowest BCUT2D eigenvalue weighted by Gasteiger charge is -2.15. The summed E-state index contributed by atoms with van der Waals surface area (Å²) in [6.45, 7) is 1.66. The van der Waals surface area contributed by atoms with Gasteiger partial charge in [-0.1, -0.05) is 12.5 Å². The summed E-state index contributed by atoms with van der Waals surface area (Å²) in [6, 6.07) is 4.75. The van der Waals surface area contributed by atoms with Crippen molar-refractivity contribution in [2.45, 2.75) is 43.5 Å². The van der Waals surface area contributed by atoms with E-state index in [1.807, 2.05) is 0 Å². The average Bonchev–Trinajstić information content (AvgIpc) is 2.76. The molecule has 0 aromatic heterocycles. The molecule has 0 spiro atoms. The zero-order chi connectivity index (χ0) is 15.6. The molecule has 0 bridgehead atoms. The highest BCUT2D eigenvalue weighted by molar-refractivity contribution is 7.89. The van der Waals surface area contributed by atoms with E-state index in [1.54, 1.807) is 19.1 Å². The van der Waals surface area contributed by atoms with Gasteiger partial charge in [0.25, 0.3) is 0 Å². The third kappa shape index (κ3) is 4.03. The number of carbonyl (C=O) groups is 1. The third-order valence-electron chi connectivity index (χ3n) is 3.94. The van der Waals surface area contributed by atoms with Crippen molar-refractivity contribution in [3.05, 3.63) is 23.8 Å². The summed E-state index contributed by atoms with van der Waals surface area (Å²) in [4.78, 5) is 12.0. The number of aryl methyl sites for hydroxylation is 1. The van der Waals surface area contributed by atoms with Gasteiger partial charge >= 0.3 is 0 Å². The van der Waals surface area contributed by atoms with Crippen LogP contribution in [0, 0.1) is 12.8 Å². The first kappa shape index (κ1) is 15.9. The molecule has 1 amide bonds. The molecule has 1 saturated carbocycles. The van der Waals surface area contributed by atoms with Gasteiger partial charge in [-0.25, -0.2) is 13.6 Å². The normalized spacial score (nSPS) is 22.2. The lowest BCUT2D eigenvalue weighted by Crippen LogP contribution is -2.28. The topological polar surface area (TPSA) is 115 Å². The lowest BCUT2D eigenvalue weighted by molar-refractivity contribution is -0.117. The summed E-state index contributed by atoms with van der Waals surface area (Å²) in [5, 5.41) is 7.87. The van der Waals surface area contributed by atoms with Crippen LogP contribution in [0.15, 0.2) is 23.1 Å². The summed E-state index contributed by atoms with van der Waals surface area (Å²) in [6.07, 6.45) is 3.34. The minimum atomic E-state index is -3.79. The summed E-state index contributed by atoms with van der Waals surface area (Å²) < 4.78 is 22.9. The van der Waals surface area contributed by atoms with E-state index in [0.717, 1.165) is 19.3 Å². The maximum absolute atomic E-state index is 12.0. The zero-order valence-electron chi connectivity index (χ0n) is 12.0. The molecule has 7 heteroatoms. The largest absolute Gasteiger partial charge is 0.327 e. The van der Waals surface area contributed by atoms with Crippen LogP contribution in [0.4, 0.5) is 5.69 Å². The number of anilines is 1. The van der Waals surface area contributed by atoms with Gasteiger partial charge in [-0.3, -0.25) is 4.79 Å². The molecule has 0 unspecified atom stereocenters. The number of amides is 1. The standard InChI is InChI=1S/C14H21N3O3S/c1-9-5-6-11(8-13(9)21(16,19)20)17-14(18)7-10-3-2-4-12(10)15/h5-6,8,10,12H,2-4,7,15H2,1H3,(H,17,18)(H2,16,19,20)/t10-,12+/m0/s1. The predicted octanol–water partition coefficient (Wildman–Crippen LogP) is 1.10. The van der Waals surface area contributed by atoms with E-state index in [0.29, 0.717) is 17.7 Å². The fraction of sp³-hybridized carbons (Fsp3) is 0.500. The first-order valence-corrected chi connectivity index (χ1v) is 8.51. The quantitative estimate of drug-likeness (QED) is 0.772. The van der Waals surface area contributed by atoms with Crippen molar-refractivity contribution in [3.8, 4) is 0 Å². The second-order valence-electron chi connectivity index (χ2n) is 5.63. The van der Waals surface area contributed by atoms with Crippen LogP contribution in [0.25, 0.3) is 0 Å². The van der Waals surface area contributed by atoms with Gasteiger partial charge < -0.3 is 11.1 Å². The van der Waals surface area contributed by atoms with Crippen LogP contribution < -0.4 is 16.2 Å². The number of carbonyl (C=O) groups excluding carboxylic acids is 1. The van der Waals surface area contributed by atoms with Crippen molar-refractivity contribution in [2.75, 3.05) is 5.32 Å². The molecule has 0 saturated heterocycles. The first-order chi connectivity index (χ1) is 9.77. The van der Waals surface area contributed by atoms with Gasteiger partial charge in [0.2, 0.25) is 15.9 Å². The van der Waals surface area contributed by atoms with Gasteiger partial charge in [0.15, 0.2) is 0 Å². The molecule has 2 atom stereocenters. The van der Waals surface area contributed by atoms with E-state index in [2.05, 4.69) is 5.32 Å². The molecule has 5 N–H and O–H groups in total. The van der Waals surface area contributed by atoms with Crippen LogP contribution >= 0.6 is 0 Å². The summed E-state index contributed by atoms with van der Waals surface area (Å²) in [5.74, 6) is 0.0507. The molecular formula is C14H21N3O3S. The average molecular weight is 311 g/mol. The van der Waals surface area contributed by atoms with E-state index in [-0.39, 0.29) is 22.8 Å². The van der Waals surface area contributed by atoms with E-state index in [9.17, 15) is 13.2 Å². The van der Waals surface area contributed by atoms with Gasteiger partial charge in [0.1, 0.15) is 0 Å². The number of hydrogen-bond acceptors (Lipinski definition) is 4. The van der Waals surface area contributed by atoms with E-state index >= 15 is 0 Å². The highest BCUT2D eigenvalue weighted by Crippen LogP contribution is 2.27. The molecule has 0 heterocycles. The molecule has 1 aliphatic rings. The Morgan fingerprint density at radius 2 is 2.10 bits per heavy atom. The maximum atomic E-state index is 12.0. The molecule has 1 aliphatic carbocycles. The SMILES string of the molecule is Cc1ccc(NC(=O)C[C@@H]2CCC[C@H]2N)cc1S(N)(=O)=O. The van der Waals surface area contributed by atoms with Crippen molar-refractivity contribution in [1.82, 2.24) is 0 Å². The van der Waals surface area contributed by atoms with Crippen LogP contribution in [-0.2, 0) is 14.8 Å². The second kappa shape index (κ2) is 6.13. The van der Waals surface area contributed by atoms with Crippen molar-refractivity contribution >= 4 is 21.6 Å². The molecule has 1 aromatic carbocycles. The Morgan fingerprint density at radius 1 is 1.38 bits per heavy atom. The van der Waals surface area contributed by atoms with Gasteiger partial charge in [-0.15, -0.1) is 0 Å². The number of sulfonamides is 1. The van der Waals surface area contributed by atoms with Crippen LogP contribution in [-0.4, -0.2) is 20.4 Å². The van der Waals surface area contributed by atoms with Crippen molar-refractivity contribution < 1.29 is 13.2 Å². The van der Waals surface area contributed by atoms with Crippen LogP contribution in [0.1, 0.15) is 31.2 Å². The lowest BCUT2D eigenvalue weighted by atomic mass is 10.00. The minimum Gasteiger partial charge on any atom is -0.327 e. The van der Waals surface area contributed by atoms with E-state index in [1.165, 1.54) is 6.07 Å². The van der Waals surface area contributed by atoms with Crippen LogP contribution in [0.2, 0.25) is 0 Å². The van der Waals surface area contributed by atoms with Crippen LogP contribution in [0.5, 0.6) is 0 Å². The first-order valence-electron chi connectivity index (χ1n) is 6.96. The monoisotopic (exact) mass is 311 g/mol. The summed E-state index contributed by atoms with van der Waals surface area (Å²) >= 11 is 0. The van der Waals surface area contributed by atoms with E-state index in [4.69, 9.17) is 10.9 Å². The van der Waals surface area contributed by atoms with Crippen LogP contribution in [0.3, 0.4) is 0 Å². The van der Waals surface area contributed by atoms with Crippen molar-refractivity contribution in [1.29, 1.82) is 0 Å². The Bertz CT molecular complexity index is 643. The van der Waals surface area contributed by atoms with E-state index < -0.39 is 10.0 Å². The Hall–Kier alpha value is -1.44. The number of benzene rings is 1. The minimum absolute atomic E-state index is 0.0258. The van der Waals surface area contributed by atoms with Gasteiger partial charge in [-0.05, 0) is 43.4 Å². The van der Waals surface area contributed by atoms with Crippen molar-refractivity contribution in [3.63, 3.8) is 0 Å². The molecule has 2 rings (SSSR count). The molecule has 0 aliphatic heterocycles. The Morgan fingerprint density at radius 3 is 2.67 bits per heavy atom. The molecule has 0 radical (unpaired) electrons. The fourth-order valence-corrected chi connectivity index (χ4v) is 3.56. The Balaban J connectivity index is 2.08. The number of nitrogens with one attached hydrogen (secondary N) is 1. The van der Waals surface area contributed by atoms with Crippen molar-refractivity contribution in [2.24, 2.45) is 16.8 Å². The van der Waals surface area contributed by atoms with Gasteiger partial charge in [-0.2, -0.15) is 0 Å². The zero-order valence-corrected chi connectivity index (χ0v) is 12.8. The summed E-state index contributed by atoms with van der Waals surface area (Å²) in [5.41, 5.74) is 6.93. The number of hydrogen-bond donors (Lipinski definition) is 3. The highest BCUT2D eigenvalue weighted by Gasteiger charge is 2.26. The Labute approximate surface area is 124 Å². The third-order valence-corrected chi connectivity index (χ3v) is 5.00. The summed E-state index contributed by atoms with van der Waals surface area (Å²) in [7, 11) is -3.79. The predicted molar refractivity (Wildman–Crippen MR) is 81.1 cm³/mol. The molecule has 116 valence electrons. The highest BCUT2D eigenvalue weighted by atomic mass is 32.2. The number of rotatable bonds is 4. The Kier molecular flexibility index (Phi) is 4.65. The van der Waals surface area contributed by atoms with Gasteiger partial charge in [0.05, 0.1) is 4.90 Å². The number of nitrogens with two attached hydrogens (primary N) is 2. The molecule has 6 nitrogen and oxygen atoms in total. The number of primary sulfonamides is 1. The maximum Gasteiger partial charge on any atom is 0.238 e. The second-order valence-corrected chi connectivity index (χ2v) is 7.16.